The Morgan fingerprint density at radius 2 is 1.89 bits per heavy atom. The van der Waals surface area contributed by atoms with E-state index >= 15 is 0 Å². The molecule has 2 aromatic rings. The third-order valence-corrected chi connectivity index (χ3v) is 4.34. The van der Waals surface area contributed by atoms with Crippen molar-refractivity contribution in [3.8, 4) is 11.1 Å². The van der Waals surface area contributed by atoms with Crippen molar-refractivity contribution in [3.05, 3.63) is 59.2 Å². The third-order valence-electron chi connectivity index (χ3n) is 3.59. The molecule has 3 rings (SSSR count). The molecule has 0 saturated heterocycles. The van der Waals surface area contributed by atoms with Crippen LogP contribution in [-0.2, 0) is 17.6 Å². The first-order valence-electron chi connectivity index (χ1n) is 6.64. The van der Waals surface area contributed by atoms with E-state index in [1.165, 1.54) is 39.6 Å². The van der Waals surface area contributed by atoms with Crippen LogP contribution in [0.2, 0.25) is 0 Å². The molecule has 0 heterocycles. The number of carbonyl (C=O) groups excluding carboxylic acids is 1. The Bertz CT molecular complexity index is 631. The minimum absolute atomic E-state index is 0.270. The van der Waals surface area contributed by atoms with Crippen molar-refractivity contribution in [2.75, 3.05) is 5.75 Å². The summed E-state index contributed by atoms with van der Waals surface area (Å²) in [5.74, 6) is 0.855. The summed E-state index contributed by atoms with van der Waals surface area (Å²) in [5.41, 5.74) is 6.55. The molecule has 2 heteroatoms. The van der Waals surface area contributed by atoms with Gasteiger partial charge in [0.2, 0.25) is 0 Å². The number of fused-ring (bicyclic) bond motifs is 3. The van der Waals surface area contributed by atoms with Crippen molar-refractivity contribution < 1.29 is 4.79 Å². The van der Waals surface area contributed by atoms with Gasteiger partial charge < -0.3 is 0 Å². The quantitative estimate of drug-likeness (QED) is 0.712. The fraction of sp³-hybridized carbons (Fsp3) is 0.235. The normalized spacial score (nSPS) is 12.1. The first-order chi connectivity index (χ1) is 9.29. The van der Waals surface area contributed by atoms with Gasteiger partial charge in [-0.05, 0) is 40.0 Å². The minimum Gasteiger partial charge on any atom is -0.287 e. The Labute approximate surface area is 118 Å². The van der Waals surface area contributed by atoms with E-state index in [0.29, 0.717) is 6.42 Å². The minimum atomic E-state index is 0.270. The van der Waals surface area contributed by atoms with E-state index < -0.39 is 0 Å². The summed E-state index contributed by atoms with van der Waals surface area (Å²) in [5, 5.41) is 0.270. The van der Waals surface area contributed by atoms with Gasteiger partial charge in [-0.1, -0.05) is 61.2 Å². The maximum atomic E-state index is 11.8. The zero-order valence-electron chi connectivity index (χ0n) is 11.0. The molecule has 0 bridgehead atoms. The number of rotatable bonds is 3. The summed E-state index contributed by atoms with van der Waals surface area (Å²) in [6.07, 6.45) is 1.52. The van der Waals surface area contributed by atoms with Crippen molar-refractivity contribution in [2.45, 2.75) is 19.8 Å². The molecule has 0 aliphatic heterocycles. The van der Waals surface area contributed by atoms with Gasteiger partial charge in [0, 0.05) is 6.42 Å². The molecule has 0 N–H and O–H groups in total. The molecule has 0 unspecified atom stereocenters. The van der Waals surface area contributed by atoms with Crippen LogP contribution in [0.15, 0.2) is 42.5 Å². The molecule has 0 fully saturated rings. The van der Waals surface area contributed by atoms with Gasteiger partial charge in [-0.3, -0.25) is 4.79 Å². The van der Waals surface area contributed by atoms with E-state index in [-0.39, 0.29) is 5.12 Å². The maximum Gasteiger partial charge on any atom is 0.193 e. The molecule has 0 spiro atoms. The molecule has 0 aromatic heterocycles. The highest BCUT2D eigenvalue weighted by Crippen LogP contribution is 2.38. The molecule has 0 saturated carbocycles. The molecule has 0 amide bonds. The highest BCUT2D eigenvalue weighted by Gasteiger charge is 2.21. The lowest BCUT2D eigenvalue weighted by atomic mass is 10.00. The van der Waals surface area contributed by atoms with Gasteiger partial charge in [-0.25, -0.2) is 0 Å². The number of carbonyl (C=O) groups is 1. The number of hydrogen-bond acceptors (Lipinski definition) is 2. The Morgan fingerprint density at radius 3 is 2.74 bits per heavy atom. The van der Waals surface area contributed by atoms with Crippen LogP contribution in [0.5, 0.6) is 0 Å². The van der Waals surface area contributed by atoms with Crippen LogP contribution < -0.4 is 0 Å². The number of thioether (sulfide) groups is 1. The average molecular weight is 268 g/mol. The molecule has 2 aromatic carbocycles. The van der Waals surface area contributed by atoms with E-state index in [4.69, 9.17) is 0 Å². The van der Waals surface area contributed by atoms with Gasteiger partial charge in [0.1, 0.15) is 0 Å². The van der Waals surface area contributed by atoms with Crippen molar-refractivity contribution in [1.29, 1.82) is 0 Å². The van der Waals surface area contributed by atoms with Gasteiger partial charge in [-0.2, -0.15) is 0 Å². The number of benzene rings is 2. The SMILES string of the molecule is CCSC(=O)Cc1cccc2c1Cc1ccccc1-2. The van der Waals surface area contributed by atoms with Gasteiger partial charge >= 0.3 is 0 Å². The predicted octanol–water partition coefficient (Wildman–Crippen LogP) is 4.08. The highest BCUT2D eigenvalue weighted by atomic mass is 32.2. The van der Waals surface area contributed by atoms with Gasteiger partial charge in [0.05, 0.1) is 0 Å². The van der Waals surface area contributed by atoms with Crippen molar-refractivity contribution in [2.24, 2.45) is 0 Å². The highest BCUT2D eigenvalue weighted by molar-refractivity contribution is 8.13. The topological polar surface area (TPSA) is 17.1 Å². The Kier molecular flexibility index (Phi) is 3.43. The lowest BCUT2D eigenvalue weighted by Crippen LogP contribution is -2.01. The predicted molar refractivity (Wildman–Crippen MR) is 81.5 cm³/mol. The molecule has 1 aliphatic carbocycles. The monoisotopic (exact) mass is 268 g/mol. The molecule has 0 radical (unpaired) electrons. The van der Waals surface area contributed by atoms with Crippen LogP contribution in [0, 0.1) is 0 Å². The fourth-order valence-electron chi connectivity index (χ4n) is 2.76. The second-order valence-corrected chi connectivity index (χ2v) is 6.08. The van der Waals surface area contributed by atoms with E-state index in [2.05, 4.69) is 42.5 Å². The first kappa shape index (κ1) is 12.5. The summed E-state index contributed by atoms with van der Waals surface area (Å²) in [4.78, 5) is 11.8. The van der Waals surface area contributed by atoms with Crippen LogP contribution in [0.25, 0.3) is 11.1 Å². The van der Waals surface area contributed by atoms with Crippen LogP contribution >= 0.6 is 11.8 Å². The molecule has 19 heavy (non-hydrogen) atoms. The Hall–Kier alpha value is -1.54. The van der Waals surface area contributed by atoms with E-state index in [0.717, 1.165) is 12.2 Å². The standard InChI is InChI=1S/C17H16OS/c1-2-19-17(18)11-13-7-5-9-15-14-8-4-3-6-12(14)10-16(13)15/h3-9H,2,10-11H2,1H3. The molecule has 96 valence electrons. The van der Waals surface area contributed by atoms with Crippen LogP contribution in [-0.4, -0.2) is 10.9 Å². The summed E-state index contributed by atoms with van der Waals surface area (Å²) < 4.78 is 0. The second-order valence-electron chi connectivity index (χ2n) is 4.76. The summed E-state index contributed by atoms with van der Waals surface area (Å²) in [7, 11) is 0. The Morgan fingerprint density at radius 1 is 1.11 bits per heavy atom. The molecule has 1 aliphatic rings. The zero-order chi connectivity index (χ0) is 13.2. The van der Waals surface area contributed by atoms with E-state index in [9.17, 15) is 4.79 Å². The largest absolute Gasteiger partial charge is 0.287 e. The molecule has 1 nitrogen and oxygen atoms in total. The van der Waals surface area contributed by atoms with Gasteiger partial charge in [0.25, 0.3) is 0 Å². The lowest BCUT2D eigenvalue weighted by Gasteiger charge is -2.07. The second kappa shape index (κ2) is 5.22. The molecule has 0 atom stereocenters. The van der Waals surface area contributed by atoms with Crippen LogP contribution in [0.4, 0.5) is 0 Å². The zero-order valence-corrected chi connectivity index (χ0v) is 11.8. The smallest absolute Gasteiger partial charge is 0.193 e. The van der Waals surface area contributed by atoms with Crippen molar-refractivity contribution >= 4 is 16.9 Å². The third kappa shape index (κ3) is 2.33. The van der Waals surface area contributed by atoms with E-state index in [1.54, 1.807) is 0 Å². The van der Waals surface area contributed by atoms with Gasteiger partial charge in [0.15, 0.2) is 5.12 Å². The van der Waals surface area contributed by atoms with Gasteiger partial charge in [-0.15, -0.1) is 0 Å². The Balaban J connectivity index is 1.97. The summed E-state index contributed by atoms with van der Waals surface area (Å²) >= 11 is 1.42. The fourth-order valence-corrected chi connectivity index (χ4v) is 3.34. The van der Waals surface area contributed by atoms with Crippen LogP contribution in [0.3, 0.4) is 0 Å². The lowest BCUT2D eigenvalue weighted by molar-refractivity contribution is -0.110. The first-order valence-corrected chi connectivity index (χ1v) is 7.63. The van der Waals surface area contributed by atoms with Crippen LogP contribution in [0.1, 0.15) is 23.6 Å². The molecular weight excluding hydrogens is 252 g/mol. The van der Waals surface area contributed by atoms with Crippen molar-refractivity contribution in [3.63, 3.8) is 0 Å². The maximum absolute atomic E-state index is 11.8. The average Bonchev–Trinajstić information content (AvgIpc) is 2.79. The number of hydrogen-bond donors (Lipinski definition) is 0. The summed E-state index contributed by atoms with van der Waals surface area (Å²) in [6, 6.07) is 14.9. The summed E-state index contributed by atoms with van der Waals surface area (Å²) in [6.45, 7) is 2.02. The van der Waals surface area contributed by atoms with Crippen molar-refractivity contribution in [1.82, 2.24) is 0 Å². The molecular formula is C17H16OS. The van der Waals surface area contributed by atoms with E-state index in [1.807, 2.05) is 6.92 Å².